The van der Waals surface area contributed by atoms with Crippen LogP contribution >= 0.6 is 6.72 Å². The summed E-state index contributed by atoms with van der Waals surface area (Å²) in [4.78, 5) is 42.8. The van der Waals surface area contributed by atoms with E-state index in [1.807, 2.05) is 0 Å². The van der Waals surface area contributed by atoms with Crippen LogP contribution in [0.15, 0.2) is 15.0 Å². The molecule has 120 valence electrons. The Hall–Kier alpha value is -1.07. The van der Waals surface area contributed by atoms with Crippen molar-refractivity contribution in [3.05, 3.63) is 0 Å². The molecule has 0 aromatic carbocycles. The van der Waals surface area contributed by atoms with Crippen LogP contribution in [0.4, 0.5) is 0 Å². The highest BCUT2D eigenvalue weighted by atomic mass is 32.5. The van der Waals surface area contributed by atoms with Crippen LogP contribution in [0.1, 0.15) is 6.42 Å². The first-order valence-electron chi connectivity index (χ1n) is 6.34. The van der Waals surface area contributed by atoms with Crippen LogP contribution in [0, 0.1) is 0 Å². The summed E-state index contributed by atoms with van der Waals surface area (Å²) in [5.41, 5.74) is 0. The molecule has 4 unspecified atom stereocenters. The Balaban J connectivity index is 1.66. The number of ether oxygens (including phenoxy) is 1. The smallest absolute Gasteiger partial charge is 0.321 e. The lowest BCUT2D eigenvalue weighted by molar-refractivity contribution is -0.117. The Morgan fingerprint density at radius 2 is 2.32 bits per heavy atom. The molecule has 4 atom stereocenters. The van der Waals surface area contributed by atoms with Gasteiger partial charge in [-0.3, -0.25) is 14.7 Å². The Morgan fingerprint density at radius 3 is 3.05 bits per heavy atom. The van der Waals surface area contributed by atoms with Crippen LogP contribution in [-0.4, -0.2) is 75.3 Å². The summed E-state index contributed by atoms with van der Waals surface area (Å²) in [7, 11) is 0. The average molecular weight is 348 g/mol. The minimum atomic E-state index is -3.80. The van der Waals surface area contributed by atoms with Gasteiger partial charge in [0.1, 0.15) is 24.5 Å². The van der Waals surface area contributed by atoms with Gasteiger partial charge in [0.25, 0.3) is 5.91 Å². The van der Waals surface area contributed by atoms with Crippen LogP contribution in [0.25, 0.3) is 0 Å². The zero-order valence-corrected chi connectivity index (χ0v) is 12.8. The molecule has 1 saturated heterocycles. The van der Waals surface area contributed by atoms with Gasteiger partial charge in [-0.2, -0.15) is 4.99 Å². The molecule has 1 fully saturated rings. The third-order valence-electron chi connectivity index (χ3n) is 3.38. The molecule has 12 heteroatoms. The highest BCUT2D eigenvalue weighted by Gasteiger charge is 2.43. The van der Waals surface area contributed by atoms with E-state index in [2.05, 4.69) is 26.8 Å². The molecule has 0 saturated carbocycles. The SMILES string of the molecule is O=C1N=CN=C2C1N=CN2C1CC(O)C(COP(O)(O)=S)O1. The normalized spacial score (nSPS) is 34.2. The number of hydrogen-bond acceptors (Lipinski definition) is 8. The molecule has 22 heavy (non-hydrogen) atoms. The number of nitrogens with zero attached hydrogens (tertiary/aromatic N) is 4. The third-order valence-corrected chi connectivity index (χ3v) is 4.18. The zero-order chi connectivity index (χ0) is 15.9. The summed E-state index contributed by atoms with van der Waals surface area (Å²) < 4.78 is 10.3. The molecule has 0 radical (unpaired) electrons. The summed E-state index contributed by atoms with van der Waals surface area (Å²) in [6, 6.07) is -0.776. The summed E-state index contributed by atoms with van der Waals surface area (Å²) in [6.45, 7) is -4.05. The standard InChI is InChI=1S/C10H13N4O6PS/c15-5-1-7(20-6(5)2-19-21(17,18)22)14-4-13-8-9(14)11-3-12-10(8)16/h3-8,15H,1-2H2,(H2,17,18,22). The van der Waals surface area contributed by atoms with E-state index in [1.54, 1.807) is 4.90 Å². The lowest BCUT2D eigenvalue weighted by Crippen LogP contribution is -2.43. The largest absolute Gasteiger partial charge is 0.390 e. The summed E-state index contributed by atoms with van der Waals surface area (Å²) in [5.74, 6) is -0.0309. The number of fused-ring (bicyclic) bond motifs is 1. The fourth-order valence-corrected chi connectivity index (χ4v) is 2.88. The van der Waals surface area contributed by atoms with Crippen LogP contribution in [0.5, 0.6) is 0 Å². The second-order valence-electron chi connectivity index (χ2n) is 4.86. The molecule has 3 rings (SSSR count). The fraction of sp³-hybridized carbons (Fsp3) is 0.600. The Bertz CT molecular complexity index is 619. The lowest BCUT2D eigenvalue weighted by atomic mass is 10.2. The number of carbonyl (C=O) groups is 1. The first kappa shape index (κ1) is 15.8. The van der Waals surface area contributed by atoms with Crippen LogP contribution in [0.2, 0.25) is 0 Å². The van der Waals surface area contributed by atoms with E-state index in [0.717, 1.165) is 6.34 Å². The molecule has 3 aliphatic heterocycles. The zero-order valence-electron chi connectivity index (χ0n) is 11.1. The third kappa shape index (κ3) is 3.15. The Morgan fingerprint density at radius 1 is 1.55 bits per heavy atom. The maximum Gasteiger partial charge on any atom is 0.321 e. The van der Waals surface area contributed by atoms with Gasteiger partial charge >= 0.3 is 6.72 Å². The number of aliphatic hydroxyl groups excluding tert-OH is 1. The van der Waals surface area contributed by atoms with Gasteiger partial charge in [0.15, 0.2) is 6.04 Å². The van der Waals surface area contributed by atoms with Crippen molar-refractivity contribution in [3.63, 3.8) is 0 Å². The first-order chi connectivity index (χ1) is 10.3. The van der Waals surface area contributed by atoms with E-state index in [-0.39, 0.29) is 13.0 Å². The molecule has 0 aromatic rings. The molecular formula is C10H13N4O6PS. The maximum absolute atomic E-state index is 11.6. The number of aliphatic imine (C=N–C) groups is 3. The van der Waals surface area contributed by atoms with Crippen LogP contribution in [-0.2, 0) is 25.9 Å². The van der Waals surface area contributed by atoms with Crippen molar-refractivity contribution in [2.75, 3.05) is 6.61 Å². The van der Waals surface area contributed by atoms with Gasteiger partial charge < -0.3 is 24.2 Å². The number of amidine groups is 1. The second-order valence-corrected chi connectivity index (χ2v) is 7.53. The molecule has 10 nitrogen and oxygen atoms in total. The van der Waals surface area contributed by atoms with E-state index in [9.17, 15) is 9.90 Å². The highest BCUT2D eigenvalue weighted by Crippen LogP contribution is 2.38. The van der Waals surface area contributed by atoms with Gasteiger partial charge in [-0.15, -0.1) is 0 Å². The van der Waals surface area contributed by atoms with E-state index < -0.39 is 37.1 Å². The van der Waals surface area contributed by atoms with Gasteiger partial charge in [-0.05, 0) is 11.8 Å². The summed E-state index contributed by atoms with van der Waals surface area (Å²) >= 11 is 4.34. The molecule has 3 heterocycles. The number of carbonyl (C=O) groups excluding carboxylic acids is 1. The predicted molar refractivity (Wildman–Crippen MR) is 79.0 cm³/mol. The number of amides is 1. The van der Waals surface area contributed by atoms with Crippen molar-refractivity contribution >= 4 is 42.9 Å². The van der Waals surface area contributed by atoms with Gasteiger partial charge in [0.2, 0.25) is 0 Å². The summed E-state index contributed by atoms with van der Waals surface area (Å²) in [5, 5.41) is 9.97. The molecule has 3 aliphatic rings. The maximum atomic E-state index is 11.6. The lowest BCUT2D eigenvalue weighted by Gasteiger charge is -2.25. The van der Waals surface area contributed by atoms with Gasteiger partial charge in [-0.25, -0.2) is 4.99 Å². The van der Waals surface area contributed by atoms with Crippen molar-refractivity contribution in [3.8, 4) is 0 Å². The van der Waals surface area contributed by atoms with Crippen molar-refractivity contribution in [1.82, 2.24) is 4.90 Å². The molecule has 0 spiro atoms. The second kappa shape index (κ2) is 5.85. The van der Waals surface area contributed by atoms with E-state index in [4.69, 9.17) is 19.0 Å². The number of rotatable bonds is 4. The topological polar surface area (TPSA) is 137 Å². The molecular weight excluding hydrogens is 335 g/mol. The summed E-state index contributed by atoms with van der Waals surface area (Å²) in [6.07, 6.45) is 0.539. The molecule has 0 aliphatic carbocycles. The van der Waals surface area contributed by atoms with Gasteiger partial charge in [-0.1, -0.05) is 0 Å². The molecule has 3 N–H and O–H groups in total. The average Bonchev–Trinajstić information content (AvgIpc) is 3.00. The monoisotopic (exact) mass is 348 g/mol. The Kier molecular flexibility index (Phi) is 4.21. The molecule has 0 bridgehead atoms. The first-order valence-corrected chi connectivity index (χ1v) is 8.97. The van der Waals surface area contributed by atoms with Crippen molar-refractivity contribution in [2.45, 2.75) is 30.9 Å². The van der Waals surface area contributed by atoms with Gasteiger partial charge in [0.05, 0.1) is 19.0 Å². The fourth-order valence-electron chi connectivity index (χ4n) is 2.36. The molecule has 1 amide bonds. The van der Waals surface area contributed by atoms with Crippen molar-refractivity contribution in [2.24, 2.45) is 15.0 Å². The van der Waals surface area contributed by atoms with Crippen molar-refractivity contribution in [1.29, 1.82) is 0 Å². The Labute approximate surface area is 130 Å². The van der Waals surface area contributed by atoms with Gasteiger partial charge in [0, 0.05) is 6.42 Å². The predicted octanol–water partition coefficient (Wildman–Crippen LogP) is -1.63. The van der Waals surface area contributed by atoms with Crippen molar-refractivity contribution < 1.29 is 28.9 Å². The highest BCUT2D eigenvalue weighted by molar-refractivity contribution is 8.06. The number of aliphatic hydroxyl groups is 1. The van der Waals surface area contributed by atoms with E-state index in [0.29, 0.717) is 5.84 Å². The minimum Gasteiger partial charge on any atom is -0.390 e. The van der Waals surface area contributed by atoms with Crippen LogP contribution < -0.4 is 0 Å². The van der Waals surface area contributed by atoms with E-state index in [1.165, 1.54) is 6.34 Å². The number of hydrogen-bond donors (Lipinski definition) is 3. The molecule has 0 aromatic heterocycles. The van der Waals surface area contributed by atoms with E-state index >= 15 is 0 Å². The van der Waals surface area contributed by atoms with Crippen LogP contribution in [0.3, 0.4) is 0 Å². The quantitative estimate of drug-likeness (QED) is 0.515. The minimum absolute atomic E-state index is 0.219.